The Kier molecular flexibility index (Phi) is 6.05. The first kappa shape index (κ1) is 21.7. The lowest BCUT2D eigenvalue weighted by Crippen LogP contribution is -2.43. The van der Waals surface area contributed by atoms with Gasteiger partial charge in [0, 0.05) is 37.2 Å². The molecule has 2 heterocycles. The summed E-state index contributed by atoms with van der Waals surface area (Å²) < 4.78 is 0. The van der Waals surface area contributed by atoms with Crippen LogP contribution in [-0.4, -0.2) is 57.8 Å². The SMILES string of the molecule is Cc1nc2ccc(C(=O)NCCNC(=O)C3CC(=O)N(C(C)(C)C)C3)cc2nc1C. The van der Waals surface area contributed by atoms with Gasteiger partial charge in [0.15, 0.2) is 0 Å². The lowest BCUT2D eigenvalue weighted by Gasteiger charge is -2.31. The lowest BCUT2D eigenvalue weighted by atomic mass is 10.1. The van der Waals surface area contributed by atoms with E-state index in [0.717, 1.165) is 16.9 Å². The average molecular weight is 412 g/mol. The zero-order valence-electron chi connectivity index (χ0n) is 18.2. The van der Waals surface area contributed by atoms with Crippen molar-refractivity contribution in [3.05, 3.63) is 35.2 Å². The van der Waals surface area contributed by atoms with Gasteiger partial charge in [-0.15, -0.1) is 0 Å². The van der Waals surface area contributed by atoms with Gasteiger partial charge in [0.05, 0.1) is 28.3 Å². The van der Waals surface area contributed by atoms with Crippen LogP contribution in [0.5, 0.6) is 0 Å². The molecule has 0 saturated carbocycles. The molecule has 3 rings (SSSR count). The Labute approximate surface area is 176 Å². The second-order valence-corrected chi connectivity index (χ2v) is 8.72. The second kappa shape index (κ2) is 8.38. The maximum Gasteiger partial charge on any atom is 0.251 e. The first-order valence-corrected chi connectivity index (χ1v) is 10.2. The predicted octanol–water partition coefficient (Wildman–Crippen LogP) is 1.74. The van der Waals surface area contributed by atoms with Crippen molar-refractivity contribution in [3.63, 3.8) is 0 Å². The fourth-order valence-electron chi connectivity index (χ4n) is 3.51. The average Bonchev–Trinajstić information content (AvgIpc) is 3.07. The number of rotatable bonds is 5. The smallest absolute Gasteiger partial charge is 0.251 e. The molecule has 0 aliphatic carbocycles. The topological polar surface area (TPSA) is 104 Å². The maximum absolute atomic E-state index is 12.4. The van der Waals surface area contributed by atoms with Crippen molar-refractivity contribution in [1.82, 2.24) is 25.5 Å². The molecule has 1 unspecified atom stereocenters. The number of hydrogen-bond acceptors (Lipinski definition) is 5. The number of aromatic nitrogens is 2. The third-order valence-electron chi connectivity index (χ3n) is 5.35. The molecule has 0 radical (unpaired) electrons. The number of hydrogen-bond donors (Lipinski definition) is 2. The second-order valence-electron chi connectivity index (χ2n) is 8.72. The summed E-state index contributed by atoms with van der Waals surface area (Å²) in [5.41, 5.74) is 3.32. The number of aryl methyl sites for hydroxylation is 2. The van der Waals surface area contributed by atoms with Gasteiger partial charge in [-0.25, -0.2) is 9.97 Å². The van der Waals surface area contributed by atoms with Crippen LogP contribution in [0.15, 0.2) is 18.2 Å². The molecule has 1 saturated heterocycles. The molecular formula is C22H29N5O3. The van der Waals surface area contributed by atoms with Crippen LogP contribution < -0.4 is 10.6 Å². The van der Waals surface area contributed by atoms with E-state index in [1.807, 2.05) is 34.6 Å². The molecule has 30 heavy (non-hydrogen) atoms. The van der Waals surface area contributed by atoms with Crippen LogP contribution >= 0.6 is 0 Å². The highest BCUT2D eigenvalue weighted by Gasteiger charge is 2.39. The fourth-order valence-corrected chi connectivity index (χ4v) is 3.51. The molecule has 1 atom stereocenters. The number of fused-ring (bicyclic) bond motifs is 1. The molecule has 0 bridgehead atoms. The van der Waals surface area contributed by atoms with Crippen LogP contribution in [0.4, 0.5) is 0 Å². The molecule has 0 spiro atoms. The molecule has 8 nitrogen and oxygen atoms in total. The first-order valence-electron chi connectivity index (χ1n) is 10.2. The summed E-state index contributed by atoms with van der Waals surface area (Å²) >= 11 is 0. The standard InChI is InChI=1S/C22H29N5O3/c1-13-14(2)26-18-10-15(6-7-17(18)25-13)20(29)23-8-9-24-21(30)16-11-19(28)27(12-16)22(3,4)5/h6-7,10,16H,8-9,11-12H2,1-5H3,(H,23,29)(H,24,30). The van der Waals surface area contributed by atoms with Crippen LogP contribution in [0.3, 0.4) is 0 Å². The highest BCUT2D eigenvalue weighted by molar-refractivity contribution is 5.97. The van der Waals surface area contributed by atoms with Gasteiger partial charge >= 0.3 is 0 Å². The Morgan fingerprint density at radius 3 is 2.33 bits per heavy atom. The maximum atomic E-state index is 12.4. The van der Waals surface area contributed by atoms with Crippen molar-refractivity contribution in [2.24, 2.45) is 5.92 Å². The number of nitrogens with one attached hydrogen (secondary N) is 2. The molecule has 1 fully saturated rings. The number of nitrogens with zero attached hydrogens (tertiary/aromatic N) is 3. The largest absolute Gasteiger partial charge is 0.354 e. The van der Waals surface area contributed by atoms with Gasteiger partial charge in [0.25, 0.3) is 5.91 Å². The van der Waals surface area contributed by atoms with Gasteiger partial charge in [-0.05, 0) is 52.8 Å². The molecule has 1 aromatic heterocycles. The monoisotopic (exact) mass is 411 g/mol. The minimum absolute atomic E-state index is 0.000728. The Morgan fingerprint density at radius 1 is 1.07 bits per heavy atom. The van der Waals surface area contributed by atoms with E-state index in [9.17, 15) is 14.4 Å². The molecule has 1 aliphatic rings. The summed E-state index contributed by atoms with van der Waals surface area (Å²) in [4.78, 5) is 47.6. The zero-order valence-corrected chi connectivity index (χ0v) is 18.2. The van der Waals surface area contributed by atoms with Crippen LogP contribution in [0.25, 0.3) is 11.0 Å². The van der Waals surface area contributed by atoms with Crippen molar-refractivity contribution in [2.75, 3.05) is 19.6 Å². The minimum Gasteiger partial charge on any atom is -0.354 e. The van der Waals surface area contributed by atoms with E-state index >= 15 is 0 Å². The fraction of sp³-hybridized carbons (Fsp3) is 0.500. The minimum atomic E-state index is -0.349. The van der Waals surface area contributed by atoms with Gasteiger partial charge in [-0.1, -0.05) is 0 Å². The van der Waals surface area contributed by atoms with Crippen molar-refractivity contribution in [3.8, 4) is 0 Å². The lowest BCUT2D eigenvalue weighted by molar-refractivity contribution is -0.132. The summed E-state index contributed by atoms with van der Waals surface area (Å²) in [5.74, 6) is -0.740. The van der Waals surface area contributed by atoms with Crippen molar-refractivity contribution >= 4 is 28.8 Å². The molecule has 8 heteroatoms. The van der Waals surface area contributed by atoms with Crippen molar-refractivity contribution in [1.29, 1.82) is 0 Å². The van der Waals surface area contributed by atoms with E-state index in [1.54, 1.807) is 23.1 Å². The van der Waals surface area contributed by atoms with E-state index < -0.39 is 0 Å². The van der Waals surface area contributed by atoms with Gasteiger partial charge in [0.1, 0.15) is 0 Å². The zero-order chi connectivity index (χ0) is 22.1. The summed E-state index contributed by atoms with van der Waals surface area (Å²) in [5, 5.41) is 5.61. The highest BCUT2D eigenvalue weighted by atomic mass is 16.2. The molecule has 2 aromatic rings. The highest BCUT2D eigenvalue weighted by Crippen LogP contribution is 2.25. The Morgan fingerprint density at radius 2 is 1.70 bits per heavy atom. The summed E-state index contributed by atoms with van der Waals surface area (Å²) in [6.07, 6.45) is 0.229. The Balaban J connectivity index is 1.49. The number of amides is 3. The quantitative estimate of drug-likeness (QED) is 0.730. The van der Waals surface area contributed by atoms with Gasteiger partial charge in [-0.3, -0.25) is 14.4 Å². The van der Waals surface area contributed by atoms with Crippen molar-refractivity contribution < 1.29 is 14.4 Å². The van der Waals surface area contributed by atoms with Gasteiger partial charge in [0.2, 0.25) is 11.8 Å². The summed E-state index contributed by atoms with van der Waals surface area (Å²) in [6, 6.07) is 5.21. The molecule has 3 amide bonds. The van der Waals surface area contributed by atoms with Crippen LogP contribution in [0.1, 0.15) is 48.9 Å². The molecule has 2 N–H and O–H groups in total. The normalized spacial score (nSPS) is 16.8. The summed E-state index contributed by atoms with van der Waals surface area (Å²) in [6.45, 7) is 10.7. The Bertz CT molecular complexity index is 996. The molecule has 160 valence electrons. The molecule has 1 aromatic carbocycles. The first-order chi connectivity index (χ1) is 14.1. The van der Waals surface area contributed by atoms with E-state index in [4.69, 9.17) is 0 Å². The van der Waals surface area contributed by atoms with Gasteiger partial charge < -0.3 is 15.5 Å². The molecular weight excluding hydrogens is 382 g/mol. The number of carbonyl (C=O) groups is 3. The summed E-state index contributed by atoms with van der Waals surface area (Å²) in [7, 11) is 0. The predicted molar refractivity (Wildman–Crippen MR) is 114 cm³/mol. The molecule has 1 aliphatic heterocycles. The van der Waals surface area contributed by atoms with Crippen molar-refractivity contribution in [2.45, 2.75) is 46.6 Å². The van der Waals surface area contributed by atoms with E-state index in [0.29, 0.717) is 30.7 Å². The number of benzene rings is 1. The van der Waals surface area contributed by atoms with Crippen LogP contribution in [-0.2, 0) is 9.59 Å². The van der Waals surface area contributed by atoms with Gasteiger partial charge in [-0.2, -0.15) is 0 Å². The third kappa shape index (κ3) is 4.75. The van der Waals surface area contributed by atoms with Crippen LogP contribution in [0, 0.1) is 19.8 Å². The van der Waals surface area contributed by atoms with E-state index in [-0.39, 0.29) is 35.6 Å². The van der Waals surface area contributed by atoms with Crippen LogP contribution in [0.2, 0.25) is 0 Å². The third-order valence-corrected chi connectivity index (χ3v) is 5.35. The Hall–Kier alpha value is -3.03. The van der Waals surface area contributed by atoms with E-state index in [1.165, 1.54) is 0 Å². The van der Waals surface area contributed by atoms with E-state index in [2.05, 4.69) is 20.6 Å². The number of likely N-dealkylation sites (tertiary alicyclic amines) is 1. The number of carbonyl (C=O) groups excluding carboxylic acids is 3.